The van der Waals surface area contributed by atoms with E-state index in [1.807, 2.05) is 58.0 Å². The van der Waals surface area contributed by atoms with Gasteiger partial charge in [-0.3, -0.25) is 81.5 Å². The number of benzene rings is 3. The van der Waals surface area contributed by atoms with Gasteiger partial charge in [0, 0.05) is 149 Å². The maximum Gasteiger partial charge on any atom is 0.246 e. The standard InChI is InChI=1S/C93H129N17O18S/c1-12-15-31-74-80(115)43-66(55(6)14-3)87(122)105-73(88(123)99-48-82(95)117)51-129-52-84(119)102-70(36-57-25-18-17-19-26-57)90(125)107(9)56(7)85(120)103-72(44-81(94)116)92(127)110-34-24-33-75(110)79(114)40-58(37-63-47-96-53-100-63)77(112)41-59(35-54(4)5)89(124)106(8)49-83(118)101-69(38-60-45-97-67-29-22-20-27-64(60)67)78(113)42-62(50-111)86(121)104-71(39-61-46-98-68-30-23-21-28-65(61)68)91(126)109(11)76(32-16-13-2)93(128)108(74)10/h17-23,25-30,45-47,53-56,58-59,62,66,69-76,97-98,111H,12-16,24,31-44,48-52H2,1-11H3,(H2,94,116)(H2,95,117)(H,96,100)(H,99,123)(H,101,118)(H,102,119)(H,103,120)(H,104,121)(H,105,122)/t55-,56-,58+,59+,62-,66-,69-,70-,71-,72-,73-,74-,75-,76-/m0/s1. The van der Waals surface area contributed by atoms with Crippen molar-refractivity contribution in [2.45, 2.75) is 225 Å². The first-order valence-corrected chi connectivity index (χ1v) is 45.7. The Morgan fingerprint density at radius 2 is 1.14 bits per heavy atom. The molecule has 14 N–H and O–H groups in total. The summed E-state index contributed by atoms with van der Waals surface area (Å²) in [5, 5.41) is 28.8. The van der Waals surface area contributed by atoms with Gasteiger partial charge in [0.25, 0.3) is 0 Å². The van der Waals surface area contributed by atoms with Crippen molar-refractivity contribution < 1.29 is 86.6 Å². The number of amides is 13. The number of Topliss-reactive ketones (excluding diaryl/α,β-unsaturated/α-hetero) is 4. The average molecular weight is 1810 g/mol. The van der Waals surface area contributed by atoms with E-state index in [4.69, 9.17) is 11.5 Å². The molecular weight excluding hydrogens is 1680 g/mol. The van der Waals surface area contributed by atoms with Gasteiger partial charge in [0.05, 0.1) is 62.2 Å². The minimum Gasteiger partial charge on any atom is -0.396 e. The highest BCUT2D eigenvalue weighted by Gasteiger charge is 2.44. The van der Waals surface area contributed by atoms with E-state index in [9.17, 15) is 57.8 Å². The molecule has 0 spiro atoms. The van der Waals surface area contributed by atoms with Crippen LogP contribution in [0, 0.1) is 35.5 Å². The molecule has 5 heterocycles. The van der Waals surface area contributed by atoms with Gasteiger partial charge in [0.15, 0.2) is 17.3 Å². The SMILES string of the molecule is CCCC[C@H]1C(=O)N(C)[C@@H](CCCC)C(=O)C[C@@H]([C@@H](C)CC)C(=O)N[C@H](C(=O)NCC(N)=O)CSCC(=O)N[C@@H](Cc2ccccc2)C(=O)N(C)[C@@H](C)C(=O)N[C@@H](CC(N)=O)C(=O)N2CCC[C@H]2C(=O)C[C@@H](Cc2cnc[nH]2)C(=O)C[C@@H](CC(C)C)C(=O)N(C)CC(=O)N[C@@H](Cc2c[nH]c3ccccc23)C(=O)C[C@@H](CO)C(=O)N[C@@H](Cc2c[nH]c3ccccc23)C(=O)N1C. The van der Waals surface area contributed by atoms with Gasteiger partial charge in [-0.05, 0) is 86.1 Å². The fourth-order valence-corrected chi connectivity index (χ4v) is 17.7. The van der Waals surface area contributed by atoms with Crippen molar-refractivity contribution in [3.8, 4) is 0 Å². The van der Waals surface area contributed by atoms with Crippen LogP contribution in [0.4, 0.5) is 0 Å². The number of primary amides is 2. The summed E-state index contributed by atoms with van der Waals surface area (Å²) >= 11 is 0.862. The molecule has 3 aromatic heterocycles. The Balaban J connectivity index is 1.17. The maximum atomic E-state index is 15.7. The zero-order valence-corrected chi connectivity index (χ0v) is 76.6. The number of hydrogen-bond acceptors (Lipinski definition) is 20. The van der Waals surface area contributed by atoms with Gasteiger partial charge in [-0.25, -0.2) is 4.98 Å². The number of H-pyrrole nitrogens is 3. The number of thioether (sulfide) groups is 1. The predicted molar refractivity (Wildman–Crippen MR) is 485 cm³/mol. The van der Waals surface area contributed by atoms with Gasteiger partial charge in [0.1, 0.15) is 42.0 Å². The summed E-state index contributed by atoms with van der Waals surface area (Å²) in [7, 11) is 5.51. The number of fused-ring (bicyclic) bond motifs is 3. The largest absolute Gasteiger partial charge is 0.396 e. The quantitative estimate of drug-likeness (QED) is 0.0407. The number of imidazole rings is 1. The van der Waals surface area contributed by atoms with Crippen molar-refractivity contribution in [3.05, 3.63) is 126 Å². The van der Waals surface area contributed by atoms with E-state index in [0.717, 1.165) is 21.6 Å². The molecule has 0 aliphatic carbocycles. The summed E-state index contributed by atoms with van der Waals surface area (Å²) < 4.78 is 0. The lowest BCUT2D eigenvalue weighted by Gasteiger charge is -2.36. The van der Waals surface area contributed by atoms with Crippen molar-refractivity contribution >= 4 is 133 Å². The average Bonchev–Trinajstić information content (AvgIpc) is 1.81. The zero-order chi connectivity index (χ0) is 94.5. The molecule has 14 atom stereocenters. The number of rotatable bonds is 24. The number of nitrogens with zero attached hydrogens (tertiary/aromatic N) is 6. The van der Waals surface area contributed by atoms with Crippen LogP contribution in [0.5, 0.6) is 0 Å². The van der Waals surface area contributed by atoms with E-state index in [0.29, 0.717) is 76.3 Å². The van der Waals surface area contributed by atoms with Crippen molar-refractivity contribution in [2.24, 2.45) is 47.0 Å². The molecule has 2 aliphatic heterocycles. The number of aromatic amines is 3. The number of para-hydroxylation sites is 2. The lowest BCUT2D eigenvalue weighted by molar-refractivity contribution is -0.149. The molecule has 2 aliphatic rings. The minimum absolute atomic E-state index is 0.0218. The molecule has 129 heavy (non-hydrogen) atoms. The van der Waals surface area contributed by atoms with Crippen LogP contribution in [0.1, 0.15) is 167 Å². The van der Waals surface area contributed by atoms with Crippen LogP contribution in [0.3, 0.4) is 0 Å². The lowest BCUT2D eigenvalue weighted by atomic mass is 9.83. The molecule has 8 rings (SSSR count). The molecule has 2 fully saturated rings. The van der Waals surface area contributed by atoms with E-state index in [2.05, 4.69) is 51.8 Å². The molecule has 35 nitrogen and oxygen atoms in total. The smallest absolute Gasteiger partial charge is 0.246 e. The number of unbranched alkanes of at least 4 members (excludes halogenated alkanes) is 2. The van der Waals surface area contributed by atoms with E-state index in [1.54, 1.807) is 74.8 Å². The molecule has 3 aromatic carbocycles. The number of carbonyl (C=O) groups is 17. The first kappa shape index (κ1) is 102. The van der Waals surface area contributed by atoms with Crippen molar-refractivity contribution in [2.75, 3.05) is 65.9 Å². The summed E-state index contributed by atoms with van der Waals surface area (Å²) in [6.45, 7) is 10.1. The Morgan fingerprint density at radius 3 is 1.74 bits per heavy atom. The highest BCUT2D eigenvalue weighted by atomic mass is 32.2. The maximum absolute atomic E-state index is 15.7. The van der Waals surface area contributed by atoms with Crippen LogP contribution in [0.15, 0.2) is 104 Å². The van der Waals surface area contributed by atoms with E-state index in [1.165, 1.54) is 62.3 Å². The minimum atomic E-state index is -1.68. The number of aliphatic hydroxyl groups is 1. The third-order valence-electron chi connectivity index (χ3n) is 24.6. The van der Waals surface area contributed by atoms with Gasteiger partial charge < -0.3 is 87.9 Å². The molecular formula is C93H129N17O18S. The van der Waals surface area contributed by atoms with Crippen LogP contribution in [0.25, 0.3) is 21.8 Å². The first-order chi connectivity index (χ1) is 61.5. The number of nitrogens with two attached hydrogens (primary N) is 2. The number of carbonyl (C=O) groups excluding carboxylic acids is 17. The zero-order valence-electron chi connectivity index (χ0n) is 75.8. The van der Waals surface area contributed by atoms with Gasteiger partial charge >= 0.3 is 0 Å². The Kier molecular flexibility index (Phi) is 39.4. The summed E-state index contributed by atoms with van der Waals surface area (Å²) in [5.41, 5.74) is 14.8. The van der Waals surface area contributed by atoms with Crippen LogP contribution >= 0.6 is 11.8 Å². The van der Waals surface area contributed by atoms with Crippen LogP contribution < -0.4 is 43.4 Å². The number of hydrogen-bond donors (Lipinski definition) is 12. The molecule has 0 bridgehead atoms. The highest BCUT2D eigenvalue weighted by molar-refractivity contribution is 8.00. The Hall–Kier alpha value is -12.0. The third kappa shape index (κ3) is 29.0. The summed E-state index contributed by atoms with van der Waals surface area (Å²) in [5.74, 6) is -19.4. The summed E-state index contributed by atoms with van der Waals surface area (Å²) in [6, 6.07) is 10.5. The number of ketones is 4. The van der Waals surface area contributed by atoms with Gasteiger partial charge in [0.2, 0.25) is 76.8 Å². The second kappa shape index (κ2) is 49.6. The normalized spacial score (nSPS) is 24.3. The molecule has 700 valence electrons. The second-order valence-electron chi connectivity index (χ2n) is 34.7. The van der Waals surface area contributed by atoms with E-state index < -0.39 is 241 Å². The predicted octanol–water partition coefficient (Wildman–Crippen LogP) is 4.01. The number of nitrogens with one attached hydrogen (secondary N) is 9. The van der Waals surface area contributed by atoms with Crippen molar-refractivity contribution in [3.63, 3.8) is 0 Å². The van der Waals surface area contributed by atoms with Crippen LogP contribution in [-0.2, 0) is 107 Å². The van der Waals surface area contributed by atoms with Crippen molar-refractivity contribution in [1.82, 2.24) is 76.3 Å². The monoisotopic (exact) mass is 1800 g/mol. The molecule has 6 aromatic rings. The number of aliphatic hydroxyl groups excluding tert-OH is 1. The fourth-order valence-electron chi connectivity index (χ4n) is 16.8. The number of aromatic nitrogens is 4. The molecule has 0 radical (unpaired) electrons. The number of likely N-dealkylation sites (N-methyl/N-ethyl adjacent to an activating group) is 4. The third-order valence-corrected chi connectivity index (χ3v) is 25.6. The molecule has 0 unspecified atom stereocenters. The first-order valence-electron chi connectivity index (χ1n) is 44.6. The summed E-state index contributed by atoms with van der Waals surface area (Å²) in [4.78, 5) is 268. The summed E-state index contributed by atoms with van der Waals surface area (Å²) in [6.07, 6.45) is 5.94. The molecule has 2 saturated heterocycles. The molecule has 36 heteroatoms. The Bertz CT molecular complexity index is 4920. The highest BCUT2D eigenvalue weighted by Crippen LogP contribution is 2.31. The van der Waals surface area contributed by atoms with Gasteiger partial charge in [-0.2, -0.15) is 0 Å². The van der Waals surface area contributed by atoms with Gasteiger partial charge in [-0.1, -0.05) is 140 Å². The van der Waals surface area contributed by atoms with Crippen LogP contribution in [-0.4, -0.2) is 270 Å². The Labute approximate surface area is 756 Å². The van der Waals surface area contributed by atoms with Crippen molar-refractivity contribution in [1.29, 1.82) is 0 Å². The van der Waals surface area contributed by atoms with E-state index in [-0.39, 0.29) is 76.0 Å². The topological polar surface area (TPSA) is 511 Å². The fraction of sp³-hybridized carbons (Fsp3) is 0.548. The van der Waals surface area contributed by atoms with Gasteiger partial charge in [-0.15, -0.1) is 11.8 Å². The van der Waals surface area contributed by atoms with Crippen LogP contribution in [0.2, 0.25) is 0 Å². The second-order valence-corrected chi connectivity index (χ2v) is 35.7. The lowest BCUT2D eigenvalue weighted by Crippen LogP contribution is -2.58. The molecule has 0 saturated carbocycles. The molecule has 13 amide bonds. The van der Waals surface area contributed by atoms with E-state index >= 15 is 28.8 Å². The Morgan fingerprint density at radius 1 is 0.566 bits per heavy atom.